The van der Waals surface area contributed by atoms with Crippen molar-refractivity contribution < 1.29 is 9.53 Å². The SMILES string of the molecule is COCCN(C[C@H]1CCCN2CCCC[C@H]12)C(=O)c1cc(-c2ccncc2)n[nH]1. The molecule has 2 aromatic rings. The summed E-state index contributed by atoms with van der Waals surface area (Å²) >= 11 is 0. The topological polar surface area (TPSA) is 74.3 Å². The molecule has 1 amide bonds. The average Bonchev–Trinajstić information content (AvgIpc) is 3.27. The highest BCUT2D eigenvalue weighted by atomic mass is 16.5. The molecule has 0 aliphatic carbocycles. The van der Waals surface area contributed by atoms with Crippen LogP contribution in [0.3, 0.4) is 0 Å². The van der Waals surface area contributed by atoms with E-state index in [2.05, 4.69) is 20.1 Å². The van der Waals surface area contributed by atoms with Crippen molar-refractivity contribution in [3.63, 3.8) is 0 Å². The first-order valence-corrected chi connectivity index (χ1v) is 10.7. The van der Waals surface area contributed by atoms with Crippen molar-refractivity contribution in [3.05, 3.63) is 36.3 Å². The molecule has 4 heterocycles. The molecule has 2 aliphatic heterocycles. The van der Waals surface area contributed by atoms with Crippen LogP contribution in [-0.2, 0) is 4.74 Å². The number of amides is 1. The first kappa shape index (κ1) is 20.0. The molecule has 2 aliphatic rings. The summed E-state index contributed by atoms with van der Waals surface area (Å²) < 4.78 is 5.29. The molecule has 7 nitrogen and oxygen atoms in total. The molecule has 7 heteroatoms. The third-order valence-electron chi connectivity index (χ3n) is 6.32. The lowest BCUT2D eigenvalue weighted by atomic mass is 9.83. The third kappa shape index (κ3) is 4.67. The van der Waals surface area contributed by atoms with Gasteiger partial charge in [0.15, 0.2) is 0 Å². The van der Waals surface area contributed by atoms with Crippen molar-refractivity contribution in [1.82, 2.24) is 25.0 Å². The fourth-order valence-corrected chi connectivity index (χ4v) is 4.82. The van der Waals surface area contributed by atoms with Crippen molar-refractivity contribution in [2.24, 2.45) is 5.92 Å². The molecule has 0 aromatic carbocycles. The minimum Gasteiger partial charge on any atom is -0.383 e. The Balaban J connectivity index is 1.49. The van der Waals surface area contributed by atoms with E-state index in [0.717, 1.165) is 17.8 Å². The summed E-state index contributed by atoms with van der Waals surface area (Å²) in [5.41, 5.74) is 2.24. The molecule has 0 saturated carbocycles. The van der Waals surface area contributed by atoms with Crippen LogP contribution >= 0.6 is 0 Å². The minimum absolute atomic E-state index is 0.00258. The highest BCUT2D eigenvalue weighted by Gasteiger charge is 2.35. The van der Waals surface area contributed by atoms with Crippen LogP contribution in [0, 0.1) is 5.92 Å². The summed E-state index contributed by atoms with van der Waals surface area (Å²) in [5.74, 6) is 0.537. The van der Waals surface area contributed by atoms with Gasteiger partial charge in [0.25, 0.3) is 5.91 Å². The van der Waals surface area contributed by atoms with Crippen LogP contribution in [0.5, 0.6) is 0 Å². The maximum Gasteiger partial charge on any atom is 0.271 e. The summed E-state index contributed by atoms with van der Waals surface area (Å²) in [6.07, 6.45) is 9.76. The summed E-state index contributed by atoms with van der Waals surface area (Å²) in [5, 5.41) is 7.28. The number of carbonyl (C=O) groups is 1. The Bertz CT molecular complexity index is 792. The van der Waals surface area contributed by atoms with Gasteiger partial charge in [-0.05, 0) is 62.9 Å². The fraction of sp³-hybridized carbons (Fsp3) is 0.591. The first-order chi connectivity index (χ1) is 14.3. The van der Waals surface area contributed by atoms with Gasteiger partial charge in [-0.2, -0.15) is 5.10 Å². The number of hydrogen-bond donors (Lipinski definition) is 1. The number of piperidine rings is 2. The number of ether oxygens (including phenoxy) is 1. The van der Waals surface area contributed by atoms with Crippen LogP contribution in [0.15, 0.2) is 30.6 Å². The number of H-pyrrole nitrogens is 1. The van der Waals surface area contributed by atoms with E-state index in [1.807, 2.05) is 23.1 Å². The third-order valence-corrected chi connectivity index (χ3v) is 6.32. The highest BCUT2D eigenvalue weighted by molar-refractivity contribution is 5.93. The summed E-state index contributed by atoms with van der Waals surface area (Å²) in [6, 6.07) is 6.25. The lowest BCUT2D eigenvalue weighted by Gasteiger charge is -2.45. The maximum absolute atomic E-state index is 13.3. The molecular formula is C22H31N5O2. The normalized spacial score (nSPS) is 22.2. The lowest BCUT2D eigenvalue weighted by molar-refractivity contribution is 0.0313. The molecule has 29 heavy (non-hydrogen) atoms. The first-order valence-electron chi connectivity index (χ1n) is 10.7. The number of aromatic amines is 1. The van der Waals surface area contributed by atoms with Crippen molar-refractivity contribution in [3.8, 4) is 11.3 Å². The van der Waals surface area contributed by atoms with Gasteiger partial charge >= 0.3 is 0 Å². The molecule has 2 saturated heterocycles. The van der Waals surface area contributed by atoms with E-state index in [1.165, 1.54) is 45.2 Å². The highest BCUT2D eigenvalue weighted by Crippen LogP contribution is 2.31. The van der Waals surface area contributed by atoms with Crippen molar-refractivity contribution in [2.45, 2.75) is 38.1 Å². The summed E-state index contributed by atoms with van der Waals surface area (Å²) in [4.78, 5) is 21.9. The fourth-order valence-electron chi connectivity index (χ4n) is 4.82. The van der Waals surface area contributed by atoms with Crippen LogP contribution in [0.2, 0.25) is 0 Å². The van der Waals surface area contributed by atoms with Crippen molar-refractivity contribution >= 4 is 5.91 Å². The van der Waals surface area contributed by atoms with Crippen molar-refractivity contribution in [2.75, 3.05) is 39.9 Å². The number of nitrogens with zero attached hydrogens (tertiary/aromatic N) is 4. The molecule has 0 unspecified atom stereocenters. The molecule has 2 fully saturated rings. The van der Waals surface area contributed by atoms with E-state index >= 15 is 0 Å². The largest absolute Gasteiger partial charge is 0.383 e. The number of aromatic nitrogens is 3. The molecular weight excluding hydrogens is 366 g/mol. The van der Waals surface area contributed by atoms with E-state index in [-0.39, 0.29) is 5.91 Å². The Hall–Kier alpha value is -2.25. The average molecular weight is 398 g/mol. The Morgan fingerprint density at radius 2 is 2.07 bits per heavy atom. The van der Waals surface area contributed by atoms with Crippen LogP contribution in [0.4, 0.5) is 0 Å². The Morgan fingerprint density at radius 1 is 1.24 bits per heavy atom. The number of nitrogens with one attached hydrogen (secondary N) is 1. The molecule has 0 spiro atoms. The van der Waals surface area contributed by atoms with Crippen LogP contribution < -0.4 is 0 Å². The second-order valence-corrected chi connectivity index (χ2v) is 8.15. The van der Waals surface area contributed by atoms with E-state index < -0.39 is 0 Å². The molecule has 156 valence electrons. The number of carbonyl (C=O) groups excluding carboxylic acids is 1. The smallest absolute Gasteiger partial charge is 0.271 e. The Kier molecular flexibility index (Phi) is 6.56. The van der Waals surface area contributed by atoms with E-state index in [4.69, 9.17) is 4.74 Å². The van der Waals surface area contributed by atoms with Crippen molar-refractivity contribution in [1.29, 1.82) is 0 Å². The Morgan fingerprint density at radius 3 is 2.90 bits per heavy atom. The van der Waals surface area contributed by atoms with Gasteiger partial charge in [-0.15, -0.1) is 0 Å². The second kappa shape index (κ2) is 9.50. The predicted octanol–water partition coefficient (Wildman–Crippen LogP) is 2.82. The summed E-state index contributed by atoms with van der Waals surface area (Å²) in [6.45, 7) is 4.35. The molecule has 4 rings (SSSR count). The van der Waals surface area contributed by atoms with E-state index in [1.54, 1.807) is 19.5 Å². The second-order valence-electron chi connectivity index (χ2n) is 8.15. The maximum atomic E-state index is 13.3. The standard InChI is InChI=1S/C22H31N5O2/c1-29-14-13-27(16-18-5-4-12-26-11-3-2-6-21(18)26)22(28)20-15-19(24-25-20)17-7-9-23-10-8-17/h7-10,15,18,21H,2-6,11-14,16H2,1H3,(H,24,25)/t18-,21-/m1/s1. The van der Waals surface area contributed by atoms with E-state index in [9.17, 15) is 4.79 Å². The zero-order chi connectivity index (χ0) is 20.1. The van der Waals surface area contributed by atoms with Gasteiger partial charge in [0.1, 0.15) is 5.69 Å². The van der Waals surface area contributed by atoms with Crippen LogP contribution in [0.1, 0.15) is 42.6 Å². The number of pyridine rings is 1. The number of methoxy groups -OCH3 is 1. The molecule has 0 radical (unpaired) electrons. The molecule has 2 aromatic heterocycles. The zero-order valence-corrected chi connectivity index (χ0v) is 17.2. The van der Waals surface area contributed by atoms with Gasteiger partial charge in [0, 0.05) is 44.2 Å². The summed E-state index contributed by atoms with van der Waals surface area (Å²) in [7, 11) is 1.68. The Labute approximate surface area is 172 Å². The lowest BCUT2D eigenvalue weighted by Crippen LogP contribution is -2.52. The number of rotatable bonds is 7. The van der Waals surface area contributed by atoms with Gasteiger partial charge in [0.05, 0.1) is 12.3 Å². The minimum atomic E-state index is 0.00258. The monoisotopic (exact) mass is 397 g/mol. The van der Waals surface area contributed by atoms with Gasteiger partial charge < -0.3 is 14.5 Å². The molecule has 2 atom stereocenters. The van der Waals surface area contributed by atoms with Crippen LogP contribution in [0.25, 0.3) is 11.3 Å². The number of hydrogen-bond acceptors (Lipinski definition) is 5. The van der Waals surface area contributed by atoms with E-state index in [0.29, 0.717) is 30.8 Å². The molecule has 1 N–H and O–H groups in total. The van der Waals surface area contributed by atoms with Crippen LogP contribution in [-0.4, -0.2) is 76.8 Å². The van der Waals surface area contributed by atoms with Gasteiger partial charge in [-0.1, -0.05) is 6.42 Å². The predicted molar refractivity (Wildman–Crippen MR) is 112 cm³/mol. The molecule has 0 bridgehead atoms. The number of fused-ring (bicyclic) bond motifs is 1. The van der Waals surface area contributed by atoms with Gasteiger partial charge in [-0.3, -0.25) is 14.9 Å². The van der Waals surface area contributed by atoms with Gasteiger partial charge in [0.2, 0.25) is 0 Å². The quantitative estimate of drug-likeness (QED) is 0.778. The zero-order valence-electron chi connectivity index (χ0n) is 17.2. The van der Waals surface area contributed by atoms with Gasteiger partial charge in [-0.25, -0.2) is 0 Å².